The summed E-state index contributed by atoms with van der Waals surface area (Å²) in [6.45, 7) is 8.47. The zero-order chi connectivity index (χ0) is 23.4. The SMILES string of the molecule is CCc1cc(=O)oc2c(C)c(O[C@H](C)C(=O)NC3CCN(Cc4ccccc4)CC3)ccc12. The number of rotatable bonds is 7. The molecule has 0 spiro atoms. The Morgan fingerprint density at radius 2 is 1.91 bits per heavy atom. The highest BCUT2D eigenvalue weighted by Gasteiger charge is 2.24. The van der Waals surface area contributed by atoms with Gasteiger partial charge in [0.15, 0.2) is 6.10 Å². The monoisotopic (exact) mass is 448 g/mol. The van der Waals surface area contributed by atoms with E-state index in [1.165, 1.54) is 11.6 Å². The van der Waals surface area contributed by atoms with Crippen LogP contribution >= 0.6 is 0 Å². The molecule has 0 unspecified atom stereocenters. The number of ether oxygens (including phenoxy) is 1. The van der Waals surface area contributed by atoms with Gasteiger partial charge in [0.05, 0.1) is 0 Å². The van der Waals surface area contributed by atoms with Gasteiger partial charge in [-0.25, -0.2) is 4.79 Å². The van der Waals surface area contributed by atoms with Crippen molar-refractivity contribution in [3.8, 4) is 5.75 Å². The van der Waals surface area contributed by atoms with E-state index < -0.39 is 6.10 Å². The largest absolute Gasteiger partial charge is 0.480 e. The molecule has 1 saturated heterocycles. The molecule has 1 aliphatic heterocycles. The van der Waals surface area contributed by atoms with E-state index >= 15 is 0 Å². The van der Waals surface area contributed by atoms with Crippen molar-refractivity contribution in [3.05, 3.63) is 75.6 Å². The van der Waals surface area contributed by atoms with Crippen molar-refractivity contribution >= 4 is 16.9 Å². The first-order chi connectivity index (χ1) is 15.9. The van der Waals surface area contributed by atoms with Crippen molar-refractivity contribution in [1.29, 1.82) is 0 Å². The summed E-state index contributed by atoms with van der Waals surface area (Å²) >= 11 is 0. The van der Waals surface area contributed by atoms with Gasteiger partial charge in [0, 0.05) is 42.7 Å². The third kappa shape index (κ3) is 5.45. The molecule has 1 fully saturated rings. The molecule has 174 valence electrons. The standard InChI is InChI=1S/C27H32N2O4/c1-4-21-16-25(30)33-26-18(2)24(11-10-23(21)26)32-19(3)27(31)28-22-12-14-29(15-13-22)17-20-8-6-5-7-9-20/h5-11,16,19,22H,4,12-15,17H2,1-3H3,(H,28,31)/t19-/m1/s1. The molecule has 3 aromatic rings. The lowest BCUT2D eigenvalue weighted by molar-refractivity contribution is -0.128. The van der Waals surface area contributed by atoms with Crippen LogP contribution in [-0.2, 0) is 17.8 Å². The summed E-state index contributed by atoms with van der Waals surface area (Å²) in [7, 11) is 0. The maximum atomic E-state index is 12.8. The summed E-state index contributed by atoms with van der Waals surface area (Å²) in [5, 5.41) is 4.05. The van der Waals surface area contributed by atoms with E-state index in [9.17, 15) is 9.59 Å². The highest BCUT2D eigenvalue weighted by Crippen LogP contribution is 2.29. The normalized spacial score (nSPS) is 16.0. The first-order valence-corrected chi connectivity index (χ1v) is 11.7. The average Bonchev–Trinajstić information content (AvgIpc) is 2.82. The van der Waals surface area contributed by atoms with Crippen LogP contribution in [-0.4, -0.2) is 36.0 Å². The molecule has 6 heteroatoms. The molecular weight excluding hydrogens is 416 g/mol. The number of carbonyl (C=O) groups is 1. The van der Waals surface area contributed by atoms with E-state index in [2.05, 4.69) is 34.5 Å². The van der Waals surface area contributed by atoms with E-state index in [-0.39, 0.29) is 17.6 Å². The highest BCUT2D eigenvalue weighted by molar-refractivity contribution is 5.85. The van der Waals surface area contributed by atoms with Crippen molar-refractivity contribution < 1.29 is 13.9 Å². The third-order valence-corrected chi connectivity index (χ3v) is 6.43. The number of nitrogens with one attached hydrogen (secondary N) is 1. The molecule has 6 nitrogen and oxygen atoms in total. The van der Waals surface area contributed by atoms with Crippen LogP contribution < -0.4 is 15.7 Å². The predicted molar refractivity (Wildman–Crippen MR) is 130 cm³/mol. The summed E-state index contributed by atoms with van der Waals surface area (Å²) in [6.07, 6.45) is 1.94. The summed E-state index contributed by atoms with van der Waals surface area (Å²) in [5.74, 6) is 0.430. The van der Waals surface area contributed by atoms with Crippen LogP contribution in [0.3, 0.4) is 0 Å². The minimum absolute atomic E-state index is 0.125. The fourth-order valence-electron chi connectivity index (χ4n) is 4.47. The van der Waals surface area contributed by atoms with Crippen molar-refractivity contribution in [2.45, 2.75) is 58.7 Å². The van der Waals surface area contributed by atoms with Crippen LogP contribution in [0.1, 0.15) is 43.4 Å². The molecule has 0 radical (unpaired) electrons. The average molecular weight is 449 g/mol. The smallest absolute Gasteiger partial charge is 0.336 e. The Balaban J connectivity index is 1.34. The first-order valence-electron chi connectivity index (χ1n) is 11.7. The fourth-order valence-corrected chi connectivity index (χ4v) is 4.47. The summed E-state index contributed by atoms with van der Waals surface area (Å²) < 4.78 is 11.4. The number of hydrogen-bond acceptors (Lipinski definition) is 5. The van der Waals surface area contributed by atoms with Crippen molar-refractivity contribution in [3.63, 3.8) is 0 Å². The molecule has 2 heterocycles. The summed E-state index contributed by atoms with van der Waals surface area (Å²) in [4.78, 5) is 27.1. The fraction of sp³-hybridized carbons (Fsp3) is 0.407. The van der Waals surface area contributed by atoms with Crippen LogP contribution in [0.25, 0.3) is 11.0 Å². The maximum absolute atomic E-state index is 12.8. The van der Waals surface area contributed by atoms with E-state index in [1.807, 2.05) is 32.0 Å². The minimum atomic E-state index is -0.649. The quantitative estimate of drug-likeness (QED) is 0.548. The van der Waals surface area contributed by atoms with Gasteiger partial charge in [-0.2, -0.15) is 0 Å². The molecule has 0 bridgehead atoms. The van der Waals surface area contributed by atoms with Gasteiger partial charge in [0.1, 0.15) is 11.3 Å². The number of aryl methyl sites for hydroxylation is 2. The molecule has 1 aromatic heterocycles. The second-order valence-corrected chi connectivity index (χ2v) is 8.81. The van der Waals surface area contributed by atoms with Gasteiger partial charge in [-0.15, -0.1) is 0 Å². The number of carbonyl (C=O) groups excluding carboxylic acids is 1. The molecular formula is C27H32N2O4. The molecule has 4 rings (SSSR count). The molecule has 1 atom stereocenters. The van der Waals surface area contributed by atoms with Crippen LogP contribution in [0.5, 0.6) is 5.75 Å². The molecule has 1 N–H and O–H groups in total. The predicted octanol–water partition coefficient (Wildman–Crippen LogP) is 4.21. The Labute approximate surface area is 194 Å². The second kappa shape index (κ2) is 10.2. The Morgan fingerprint density at radius 1 is 1.18 bits per heavy atom. The minimum Gasteiger partial charge on any atom is -0.480 e. The number of fused-ring (bicyclic) bond motifs is 1. The van der Waals surface area contributed by atoms with Gasteiger partial charge in [-0.1, -0.05) is 37.3 Å². The first kappa shape index (κ1) is 23.1. The zero-order valence-corrected chi connectivity index (χ0v) is 19.6. The van der Waals surface area contributed by atoms with E-state index in [1.54, 1.807) is 6.92 Å². The van der Waals surface area contributed by atoms with Crippen molar-refractivity contribution in [2.75, 3.05) is 13.1 Å². The van der Waals surface area contributed by atoms with Crippen LogP contribution in [0, 0.1) is 6.92 Å². The number of nitrogens with zero attached hydrogens (tertiary/aromatic N) is 1. The number of likely N-dealkylation sites (tertiary alicyclic amines) is 1. The van der Waals surface area contributed by atoms with E-state index in [4.69, 9.17) is 9.15 Å². The van der Waals surface area contributed by atoms with E-state index in [0.29, 0.717) is 11.3 Å². The van der Waals surface area contributed by atoms with Gasteiger partial charge < -0.3 is 14.5 Å². The zero-order valence-electron chi connectivity index (χ0n) is 19.6. The number of amides is 1. The van der Waals surface area contributed by atoms with Crippen molar-refractivity contribution in [2.24, 2.45) is 0 Å². The topological polar surface area (TPSA) is 71.8 Å². The number of benzene rings is 2. The Morgan fingerprint density at radius 3 is 2.61 bits per heavy atom. The molecule has 2 aromatic carbocycles. The molecule has 0 saturated carbocycles. The van der Waals surface area contributed by atoms with Gasteiger partial charge in [-0.05, 0) is 56.4 Å². The van der Waals surface area contributed by atoms with Crippen LogP contribution in [0.4, 0.5) is 0 Å². The highest BCUT2D eigenvalue weighted by atomic mass is 16.5. The number of piperidine rings is 1. The number of hydrogen-bond donors (Lipinski definition) is 1. The Kier molecular flexibility index (Phi) is 7.14. The maximum Gasteiger partial charge on any atom is 0.336 e. The van der Waals surface area contributed by atoms with Gasteiger partial charge in [0.2, 0.25) is 0 Å². The molecule has 33 heavy (non-hydrogen) atoms. The second-order valence-electron chi connectivity index (χ2n) is 8.81. The van der Waals surface area contributed by atoms with Crippen LogP contribution in [0.15, 0.2) is 57.7 Å². The van der Waals surface area contributed by atoms with Gasteiger partial charge in [-0.3, -0.25) is 9.69 Å². The third-order valence-electron chi connectivity index (χ3n) is 6.43. The Hall–Kier alpha value is -3.12. The lowest BCUT2D eigenvalue weighted by Gasteiger charge is -2.33. The molecule has 1 aliphatic rings. The van der Waals surface area contributed by atoms with Crippen molar-refractivity contribution in [1.82, 2.24) is 10.2 Å². The lowest BCUT2D eigenvalue weighted by Crippen LogP contribution is -2.47. The molecule has 0 aliphatic carbocycles. The van der Waals surface area contributed by atoms with E-state index in [0.717, 1.165) is 55.4 Å². The lowest BCUT2D eigenvalue weighted by atomic mass is 10.0. The van der Waals surface area contributed by atoms with Gasteiger partial charge in [0.25, 0.3) is 5.91 Å². The summed E-state index contributed by atoms with van der Waals surface area (Å²) in [6, 6.07) is 15.9. The Bertz CT molecular complexity index is 1160. The van der Waals surface area contributed by atoms with Gasteiger partial charge >= 0.3 is 5.63 Å². The van der Waals surface area contributed by atoms with Crippen LogP contribution in [0.2, 0.25) is 0 Å². The summed E-state index contributed by atoms with van der Waals surface area (Å²) in [5.41, 5.74) is 3.14. The molecule has 1 amide bonds.